The third-order valence-corrected chi connectivity index (χ3v) is 3.77. The van der Waals surface area contributed by atoms with Gasteiger partial charge < -0.3 is 9.47 Å². The largest absolute Gasteiger partial charge is 0.497 e. The number of nitriles is 1. The molecule has 18 heavy (non-hydrogen) atoms. The van der Waals surface area contributed by atoms with Crippen LogP contribution in [0.25, 0.3) is 5.57 Å². The molecule has 3 heteroatoms. The first kappa shape index (κ1) is 11.2. The Morgan fingerprint density at radius 1 is 1.33 bits per heavy atom. The Bertz CT molecular complexity index is 548. The van der Waals surface area contributed by atoms with E-state index in [1.165, 1.54) is 12.8 Å². The summed E-state index contributed by atoms with van der Waals surface area (Å²) < 4.78 is 11.3. The SMILES string of the molecule is COc1ccc2c(c1)C(C#N)=CC1(CCCC1)O2. The van der Waals surface area contributed by atoms with Crippen molar-refractivity contribution in [2.24, 2.45) is 0 Å². The molecule has 0 bridgehead atoms. The minimum absolute atomic E-state index is 0.243. The molecule has 92 valence electrons. The third-order valence-electron chi connectivity index (χ3n) is 3.77. The minimum Gasteiger partial charge on any atom is -0.497 e. The smallest absolute Gasteiger partial charge is 0.129 e. The van der Waals surface area contributed by atoms with Gasteiger partial charge in [-0.15, -0.1) is 0 Å². The van der Waals surface area contributed by atoms with Crippen LogP contribution in [0.2, 0.25) is 0 Å². The summed E-state index contributed by atoms with van der Waals surface area (Å²) in [5, 5.41) is 9.33. The van der Waals surface area contributed by atoms with Crippen LogP contribution in [-0.4, -0.2) is 12.7 Å². The zero-order valence-electron chi connectivity index (χ0n) is 10.4. The fraction of sp³-hybridized carbons (Fsp3) is 0.400. The molecule has 0 unspecified atom stereocenters. The molecule has 1 saturated carbocycles. The van der Waals surface area contributed by atoms with E-state index in [4.69, 9.17) is 9.47 Å². The summed E-state index contributed by atoms with van der Waals surface area (Å²) in [6.07, 6.45) is 6.34. The van der Waals surface area contributed by atoms with E-state index in [1.54, 1.807) is 7.11 Å². The van der Waals surface area contributed by atoms with Gasteiger partial charge in [0.2, 0.25) is 0 Å². The van der Waals surface area contributed by atoms with Crippen LogP contribution in [0.5, 0.6) is 11.5 Å². The lowest BCUT2D eigenvalue weighted by molar-refractivity contribution is 0.124. The number of benzene rings is 1. The zero-order chi connectivity index (χ0) is 12.6. The van der Waals surface area contributed by atoms with Crippen LogP contribution in [0.3, 0.4) is 0 Å². The van der Waals surface area contributed by atoms with Crippen molar-refractivity contribution in [3.05, 3.63) is 29.8 Å². The lowest BCUT2D eigenvalue weighted by Crippen LogP contribution is -2.33. The Kier molecular flexibility index (Phi) is 2.52. The zero-order valence-corrected chi connectivity index (χ0v) is 10.4. The standard InChI is InChI=1S/C15H15NO2/c1-17-12-4-5-14-13(8-12)11(10-16)9-15(18-14)6-2-3-7-15/h4-5,8-9H,2-3,6-7H2,1H3. The summed E-state index contributed by atoms with van der Waals surface area (Å²) in [4.78, 5) is 0. The molecule has 1 aliphatic heterocycles. The van der Waals surface area contributed by atoms with Crippen LogP contribution in [0.15, 0.2) is 24.3 Å². The first-order chi connectivity index (χ1) is 8.76. The van der Waals surface area contributed by atoms with Crippen molar-refractivity contribution in [1.82, 2.24) is 0 Å². The minimum atomic E-state index is -0.243. The average Bonchev–Trinajstić information content (AvgIpc) is 2.85. The lowest BCUT2D eigenvalue weighted by Gasteiger charge is -2.32. The quantitative estimate of drug-likeness (QED) is 0.757. The molecular weight excluding hydrogens is 226 g/mol. The van der Waals surface area contributed by atoms with Gasteiger partial charge in [-0.3, -0.25) is 0 Å². The summed E-state index contributed by atoms with van der Waals surface area (Å²) in [6.45, 7) is 0. The number of rotatable bonds is 1. The van der Waals surface area contributed by atoms with Crippen molar-refractivity contribution in [3.63, 3.8) is 0 Å². The highest BCUT2D eigenvalue weighted by atomic mass is 16.5. The Morgan fingerprint density at radius 2 is 2.11 bits per heavy atom. The molecule has 1 fully saturated rings. The molecule has 0 radical (unpaired) electrons. The number of fused-ring (bicyclic) bond motifs is 1. The summed E-state index contributed by atoms with van der Waals surface area (Å²) in [6, 6.07) is 7.93. The summed E-state index contributed by atoms with van der Waals surface area (Å²) >= 11 is 0. The molecular formula is C15H15NO2. The van der Waals surface area contributed by atoms with Crippen LogP contribution >= 0.6 is 0 Å². The van der Waals surface area contributed by atoms with Crippen LogP contribution in [0, 0.1) is 11.3 Å². The normalized spacial score (nSPS) is 19.7. The Labute approximate surface area is 107 Å². The second-order valence-corrected chi connectivity index (χ2v) is 4.91. The monoisotopic (exact) mass is 241 g/mol. The van der Waals surface area contributed by atoms with E-state index in [0.29, 0.717) is 5.57 Å². The highest BCUT2D eigenvalue weighted by molar-refractivity contribution is 5.83. The molecule has 3 rings (SSSR count). The van der Waals surface area contributed by atoms with Gasteiger partial charge in [0.25, 0.3) is 0 Å². The second kappa shape index (κ2) is 4.06. The highest BCUT2D eigenvalue weighted by Crippen LogP contribution is 2.44. The van der Waals surface area contributed by atoms with E-state index in [-0.39, 0.29) is 5.60 Å². The van der Waals surface area contributed by atoms with E-state index in [1.807, 2.05) is 24.3 Å². The maximum Gasteiger partial charge on any atom is 0.129 e. The number of hydrogen-bond donors (Lipinski definition) is 0. The highest BCUT2D eigenvalue weighted by Gasteiger charge is 2.38. The van der Waals surface area contributed by atoms with Gasteiger partial charge in [0.05, 0.1) is 18.8 Å². The second-order valence-electron chi connectivity index (χ2n) is 4.91. The van der Waals surface area contributed by atoms with Crippen LogP contribution in [0.1, 0.15) is 31.2 Å². The van der Waals surface area contributed by atoms with Crippen LogP contribution < -0.4 is 9.47 Å². The van der Waals surface area contributed by atoms with Gasteiger partial charge in [-0.2, -0.15) is 5.26 Å². The molecule has 2 aliphatic rings. The molecule has 1 heterocycles. The number of ether oxygens (including phenoxy) is 2. The lowest BCUT2D eigenvalue weighted by atomic mass is 9.91. The Balaban J connectivity index is 2.09. The molecule has 1 aromatic carbocycles. The number of allylic oxidation sites excluding steroid dienone is 1. The van der Waals surface area contributed by atoms with Gasteiger partial charge in [0.15, 0.2) is 0 Å². The van der Waals surface area contributed by atoms with Gasteiger partial charge in [-0.05, 0) is 50.0 Å². The van der Waals surface area contributed by atoms with Crippen LogP contribution in [-0.2, 0) is 0 Å². The number of methoxy groups -OCH3 is 1. The molecule has 0 saturated heterocycles. The Hall–Kier alpha value is -1.95. The maximum atomic E-state index is 9.33. The van der Waals surface area contributed by atoms with Crippen molar-refractivity contribution in [2.45, 2.75) is 31.3 Å². The number of nitrogens with zero attached hydrogens (tertiary/aromatic N) is 1. The molecule has 1 aliphatic carbocycles. The van der Waals surface area contributed by atoms with E-state index in [9.17, 15) is 5.26 Å². The predicted molar refractivity (Wildman–Crippen MR) is 68.4 cm³/mol. The van der Waals surface area contributed by atoms with E-state index in [2.05, 4.69) is 6.07 Å². The van der Waals surface area contributed by atoms with E-state index < -0.39 is 0 Å². The van der Waals surface area contributed by atoms with Gasteiger partial charge >= 0.3 is 0 Å². The first-order valence-electron chi connectivity index (χ1n) is 6.27. The summed E-state index contributed by atoms with van der Waals surface area (Å²) in [7, 11) is 1.62. The summed E-state index contributed by atoms with van der Waals surface area (Å²) in [5.41, 5.74) is 1.30. The molecule has 1 aromatic rings. The molecule has 0 amide bonds. The topological polar surface area (TPSA) is 42.2 Å². The fourth-order valence-corrected chi connectivity index (χ4v) is 2.84. The molecule has 0 N–H and O–H groups in total. The van der Waals surface area contributed by atoms with E-state index >= 15 is 0 Å². The molecule has 1 spiro atoms. The first-order valence-corrected chi connectivity index (χ1v) is 6.27. The van der Waals surface area contributed by atoms with Crippen molar-refractivity contribution >= 4 is 5.57 Å². The average molecular weight is 241 g/mol. The van der Waals surface area contributed by atoms with Crippen molar-refractivity contribution in [2.75, 3.05) is 7.11 Å². The third kappa shape index (κ3) is 1.65. The fourth-order valence-electron chi connectivity index (χ4n) is 2.84. The molecule has 3 nitrogen and oxygen atoms in total. The summed E-state index contributed by atoms with van der Waals surface area (Å²) in [5.74, 6) is 1.55. The number of hydrogen-bond acceptors (Lipinski definition) is 3. The van der Waals surface area contributed by atoms with Crippen LogP contribution in [0.4, 0.5) is 0 Å². The maximum absolute atomic E-state index is 9.33. The van der Waals surface area contributed by atoms with Crippen molar-refractivity contribution in [1.29, 1.82) is 5.26 Å². The Morgan fingerprint density at radius 3 is 2.78 bits per heavy atom. The van der Waals surface area contributed by atoms with Gasteiger partial charge in [-0.25, -0.2) is 0 Å². The molecule has 0 atom stereocenters. The molecule has 0 aromatic heterocycles. The van der Waals surface area contributed by atoms with E-state index in [0.717, 1.165) is 29.9 Å². The van der Waals surface area contributed by atoms with Crippen molar-refractivity contribution in [3.8, 4) is 17.6 Å². The predicted octanol–water partition coefficient (Wildman–Crippen LogP) is 3.31. The van der Waals surface area contributed by atoms with Crippen molar-refractivity contribution < 1.29 is 9.47 Å². The van der Waals surface area contributed by atoms with Gasteiger partial charge in [0.1, 0.15) is 17.1 Å². The van der Waals surface area contributed by atoms with Gasteiger partial charge in [0, 0.05) is 5.56 Å². The van der Waals surface area contributed by atoms with Gasteiger partial charge in [-0.1, -0.05) is 0 Å².